The van der Waals surface area contributed by atoms with Gasteiger partial charge in [0.15, 0.2) is 0 Å². The van der Waals surface area contributed by atoms with Gasteiger partial charge in [-0.25, -0.2) is 13.1 Å². The van der Waals surface area contributed by atoms with Crippen molar-refractivity contribution in [2.45, 2.75) is 5.75 Å². The topological polar surface area (TPSA) is 108 Å². The van der Waals surface area contributed by atoms with Crippen LogP contribution in [0.5, 0.6) is 0 Å². The van der Waals surface area contributed by atoms with E-state index in [1.165, 1.54) is 12.1 Å². The van der Waals surface area contributed by atoms with E-state index < -0.39 is 21.5 Å². The minimum absolute atomic E-state index is 0.0186. The second-order valence-electron chi connectivity index (χ2n) is 6.53. The van der Waals surface area contributed by atoms with Gasteiger partial charge in [0.25, 0.3) is 11.5 Å². The molecule has 0 aliphatic rings. The van der Waals surface area contributed by atoms with Gasteiger partial charge in [0.05, 0.1) is 5.75 Å². The molecule has 0 saturated heterocycles. The minimum atomic E-state index is -3.46. The highest BCUT2D eigenvalue weighted by Crippen LogP contribution is 2.16. The maximum Gasteiger partial charge on any atom is 0.261 e. The van der Waals surface area contributed by atoms with Crippen LogP contribution in [-0.2, 0) is 15.8 Å². The van der Waals surface area contributed by atoms with Gasteiger partial charge in [0.1, 0.15) is 5.56 Å². The highest BCUT2D eigenvalue weighted by molar-refractivity contribution is 7.88. The smallest absolute Gasteiger partial charge is 0.261 e. The summed E-state index contributed by atoms with van der Waals surface area (Å²) in [6, 6.07) is 18.8. The van der Waals surface area contributed by atoms with E-state index in [0.29, 0.717) is 16.9 Å². The Balaban J connectivity index is 1.69. The first-order valence-corrected chi connectivity index (χ1v) is 10.8. The molecule has 1 amide bonds. The Morgan fingerprint density at radius 3 is 2.33 bits per heavy atom. The molecule has 0 spiro atoms. The zero-order valence-electron chi connectivity index (χ0n) is 16.1. The summed E-state index contributed by atoms with van der Waals surface area (Å²) in [5.41, 5.74) is 1.96. The molecule has 0 radical (unpaired) electrons. The van der Waals surface area contributed by atoms with E-state index in [1.54, 1.807) is 30.3 Å². The number of aromatic amines is 1. The monoisotopic (exact) mass is 423 g/mol. The summed E-state index contributed by atoms with van der Waals surface area (Å²) in [6.45, 7) is 3.63. The van der Waals surface area contributed by atoms with E-state index in [0.717, 1.165) is 5.56 Å². The fourth-order valence-corrected chi connectivity index (χ4v) is 3.88. The highest BCUT2D eigenvalue weighted by atomic mass is 32.2. The first kappa shape index (κ1) is 21.2. The molecule has 30 heavy (non-hydrogen) atoms. The van der Waals surface area contributed by atoms with Crippen molar-refractivity contribution in [3.63, 3.8) is 0 Å². The molecule has 0 bridgehead atoms. The first-order chi connectivity index (χ1) is 14.4. The van der Waals surface area contributed by atoms with Crippen molar-refractivity contribution in [1.29, 1.82) is 0 Å². The third-order valence-corrected chi connectivity index (χ3v) is 5.57. The molecule has 2 aromatic carbocycles. The molecule has 0 fully saturated rings. The maximum atomic E-state index is 12.5. The highest BCUT2D eigenvalue weighted by Gasteiger charge is 2.13. The van der Waals surface area contributed by atoms with E-state index in [9.17, 15) is 18.0 Å². The lowest BCUT2D eigenvalue weighted by molar-refractivity contribution is 0.102. The summed E-state index contributed by atoms with van der Waals surface area (Å²) in [5, 5.41) is 2.65. The van der Waals surface area contributed by atoms with Crippen molar-refractivity contribution in [1.82, 2.24) is 9.71 Å². The largest absolute Gasteiger partial charge is 0.322 e. The number of anilines is 1. The van der Waals surface area contributed by atoms with Gasteiger partial charge in [0.2, 0.25) is 10.0 Å². The number of carbonyl (C=O) groups is 1. The fraction of sp³-hybridized carbons (Fsp3) is 0.0909. The van der Waals surface area contributed by atoms with E-state index in [2.05, 4.69) is 21.6 Å². The molecule has 7 nitrogen and oxygen atoms in total. The number of hydrogen-bond donors (Lipinski definition) is 3. The third kappa shape index (κ3) is 5.53. The summed E-state index contributed by atoms with van der Waals surface area (Å²) in [4.78, 5) is 27.5. The second kappa shape index (κ2) is 9.34. The molecule has 0 unspecified atom stereocenters. The van der Waals surface area contributed by atoms with Crippen LogP contribution in [0.25, 0.3) is 11.3 Å². The fourth-order valence-electron chi connectivity index (χ4n) is 2.78. The van der Waals surface area contributed by atoms with Crippen LogP contribution in [0, 0.1) is 0 Å². The van der Waals surface area contributed by atoms with Gasteiger partial charge < -0.3 is 10.3 Å². The van der Waals surface area contributed by atoms with Crippen LogP contribution >= 0.6 is 0 Å². The third-order valence-electron chi connectivity index (χ3n) is 4.25. The van der Waals surface area contributed by atoms with Crippen molar-refractivity contribution in [2.75, 3.05) is 11.9 Å². The van der Waals surface area contributed by atoms with Crippen molar-refractivity contribution in [3.05, 3.63) is 101 Å². The van der Waals surface area contributed by atoms with Gasteiger partial charge in [-0.2, -0.15) is 0 Å². The Labute approximate surface area is 174 Å². The number of carbonyl (C=O) groups excluding carboxylic acids is 1. The summed E-state index contributed by atoms with van der Waals surface area (Å²) in [6.07, 6.45) is 1.46. The van der Waals surface area contributed by atoms with E-state index >= 15 is 0 Å². The summed E-state index contributed by atoms with van der Waals surface area (Å²) in [5.74, 6) is -0.737. The number of sulfonamides is 1. The molecular formula is C22H21N3O4S. The zero-order valence-corrected chi connectivity index (χ0v) is 16.9. The molecule has 8 heteroatoms. The molecule has 0 atom stereocenters. The summed E-state index contributed by atoms with van der Waals surface area (Å²) >= 11 is 0. The molecule has 0 aliphatic carbocycles. The number of rotatable bonds is 8. The molecule has 3 N–H and O–H groups in total. The molecule has 3 aromatic rings. The number of aromatic nitrogens is 1. The Morgan fingerprint density at radius 1 is 1.00 bits per heavy atom. The Hall–Kier alpha value is -3.49. The number of hydrogen-bond acceptors (Lipinski definition) is 4. The quantitative estimate of drug-likeness (QED) is 0.484. The van der Waals surface area contributed by atoms with Crippen LogP contribution in [0.2, 0.25) is 0 Å². The minimum Gasteiger partial charge on any atom is -0.322 e. The molecule has 3 rings (SSSR count). The molecule has 1 heterocycles. The lowest BCUT2D eigenvalue weighted by Crippen LogP contribution is -2.25. The van der Waals surface area contributed by atoms with Gasteiger partial charge in [-0.1, -0.05) is 48.5 Å². The van der Waals surface area contributed by atoms with Gasteiger partial charge in [0, 0.05) is 17.9 Å². The Morgan fingerprint density at radius 2 is 1.70 bits per heavy atom. The van der Waals surface area contributed by atoms with Gasteiger partial charge in [-0.05, 0) is 35.4 Å². The maximum absolute atomic E-state index is 12.5. The molecule has 0 saturated carbocycles. The van der Waals surface area contributed by atoms with Crippen LogP contribution in [-0.4, -0.2) is 25.9 Å². The van der Waals surface area contributed by atoms with Crippen LogP contribution in [0.3, 0.4) is 0 Å². The number of benzene rings is 2. The zero-order chi connectivity index (χ0) is 21.6. The SMILES string of the molecule is C=CCNS(=O)(=O)Cc1ccc(NC(=O)c2ccc(-c3ccccc3)[nH]c2=O)cc1. The van der Waals surface area contributed by atoms with Crippen LogP contribution in [0.4, 0.5) is 5.69 Å². The standard InChI is InChI=1S/C22H21N3O4S/c1-2-14-23-30(28,29)15-16-8-10-18(11-9-16)24-21(26)19-12-13-20(25-22(19)27)17-6-4-3-5-7-17/h2-13,23H,1,14-15H2,(H,24,26)(H,25,27). The van der Waals surface area contributed by atoms with Crippen molar-refractivity contribution < 1.29 is 13.2 Å². The number of pyridine rings is 1. The Bertz CT molecular complexity index is 1200. The van der Waals surface area contributed by atoms with Crippen LogP contribution < -0.4 is 15.6 Å². The van der Waals surface area contributed by atoms with Gasteiger partial charge in [-0.15, -0.1) is 6.58 Å². The average Bonchev–Trinajstić information content (AvgIpc) is 2.74. The summed E-state index contributed by atoms with van der Waals surface area (Å²) < 4.78 is 26.2. The average molecular weight is 423 g/mol. The number of amides is 1. The molecule has 1 aromatic heterocycles. The normalized spacial score (nSPS) is 11.1. The molecular weight excluding hydrogens is 402 g/mol. The van der Waals surface area contributed by atoms with Crippen LogP contribution in [0.15, 0.2) is 84.2 Å². The number of H-pyrrole nitrogens is 1. The summed E-state index contributed by atoms with van der Waals surface area (Å²) in [7, 11) is -3.46. The lowest BCUT2D eigenvalue weighted by atomic mass is 10.1. The molecule has 154 valence electrons. The van der Waals surface area contributed by atoms with Crippen molar-refractivity contribution in [3.8, 4) is 11.3 Å². The molecule has 0 aliphatic heterocycles. The predicted molar refractivity (Wildman–Crippen MR) is 118 cm³/mol. The number of nitrogens with one attached hydrogen (secondary N) is 3. The first-order valence-electron chi connectivity index (χ1n) is 9.15. The van der Waals surface area contributed by atoms with Crippen molar-refractivity contribution in [2.24, 2.45) is 0 Å². The van der Waals surface area contributed by atoms with E-state index in [4.69, 9.17) is 0 Å². The van der Waals surface area contributed by atoms with E-state index in [1.807, 2.05) is 30.3 Å². The lowest BCUT2D eigenvalue weighted by Gasteiger charge is -2.08. The van der Waals surface area contributed by atoms with Gasteiger partial charge >= 0.3 is 0 Å². The second-order valence-corrected chi connectivity index (χ2v) is 8.33. The Kier molecular flexibility index (Phi) is 6.61. The van der Waals surface area contributed by atoms with Gasteiger partial charge in [-0.3, -0.25) is 9.59 Å². The van der Waals surface area contributed by atoms with Crippen LogP contribution in [0.1, 0.15) is 15.9 Å². The predicted octanol–water partition coefficient (Wildman–Crippen LogP) is 2.90. The van der Waals surface area contributed by atoms with Crippen molar-refractivity contribution >= 4 is 21.6 Å². The van der Waals surface area contributed by atoms with E-state index in [-0.39, 0.29) is 17.9 Å².